The van der Waals surface area contributed by atoms with Crippen molar-refractivity contribution in [1.82, 2.24) is 0 Å². The second-order valence-electron chi connectivity index (χ2n) is 6.57. The fourth-order valence-electron chi connectivity index (χ4n) is 3.45. The van der Waals surface area contributed by atoms with Gasteiger partial charge in [-0.15, -0.1) is 0 Å². The lowest BCUT2D eigenvalue weighted by molar-refractivity contribution is -0.385. The number of fused-ring (bicyclic) bond motifs is 1. The molecule has 1 aliphatic heterocycles. The highest BCUT2D eigenvalue weighted by atomic mass is 79.9. The molecule has 0 fully saturated rings. The third-order valence-corrected chi connectivity index (χ3v) is 5.47. The Labute approximate surface area is 177 Å². The summed E-state index contributed by atoms with van der Waals surface area (Å²) in [5.41, 5.74) is -1.10. The van der Waals surface area contributed by atoms with Crippen LogP contribution in [-0.4, -0.2) is 16.8 Å². The molecule has 4 rings (SSSR count). The molecule has 0 saturated heterocycles. The van der Waals surface area contributed by atoms with Crippen LogP contribution in [0.2, 0.25) is 0 Å². The van der Waals surface area contributed by atoms with Crippen molar-refractivity contribution in [2.24, 2.45) is 5.10 Å². The molecule has 3 aromatic carbocycles. The summed E-state index contributed by atoms with van der Waals surface area (Å²) in [6.45, 7) is 0. The maximum absolute atomic E-state index is 13.9. The van der Waals surface area contributed by atoms with E-state index in [1.165, 1.54) is 36.5 Å². The summed E-state index contributed by atoms with van der Waals surface area (Å²) in [6, 6.07) is 16.1. The summed E-state index contributed by atoms with van der Waals surface area (Å²) >= 11 is 3.44. The van der Waals surface area contributed by atoms with Gasteiger partial charge in [0, 0.05) is 27.7 Å². The maximum Gasteiger partial charge on any atom is 0.432 e. The third kappa shape index (κ3) is 3.56. The van der Waals surface area contributed by atoms with Gasteiger partial charge in [0.1, 0.15) is 0 Å². The predicted octanol–water partition coefficient (Wildman–Crippen LogP) is 6.55. The summed E-state index contributed by atoms with van der Waals surface area (Å²) in [5.74, 6) is -1.38. The molecule has 1 atom stereocenters. The molecule has 9 heteroatoms. The van der Waals surface area contributed by atoms with Gasteiger partial charge in [-0.1, -0.05) is 64.5 Å². The van der Waals surface area contributed by atoms with E-state index in [1.807, 2.05) is 12.1 Å². The molecule has 0 aliphatic carbocycles. The molecule has 0 unspecified atom stereocenters. The summed E-state index contributed by atoms with van der Waals surface area (Å²) in [7, 11) is 0. The SMILES string of the molecule is O=[N+]([O-])c1ccccc1[C@@H]1C=CN(c2ccc(Br)c3ccccc23)N=C1C(F)(F)F. The van der Waals surface area contributed by atoms with E-state index in [1.54, 1.807) is 24.3 Å². The molecule has 0 bridgehead atoms. The summed E-state index contributed by atoms with van der Waals surface area (Å²) < 4.78 is 42.5. The number of hydrazone groups is 1. The van der Waals surface area contributed by atoms with Crippen molar-refractivity contribution in [2.45, 2.75) is 12.1 Å². The van der Waals surface area contributed by atoms with Gasteiger partial charge in [0.15, 0.2) is 5.71 Å². The van der Waals surface area contributed by atoms with Crippen molar-refractivity contribution in [2.75, 3.05) is 5.01 Å². The highest BCUT2D eigenvalue weighted by molar-refractivity contribution is 9.10. The van der Waals surface area contributed by atoms with Crippen LogP contribution in [0.15, 0.2) is 82.5 Å². The summed E-state index contributed by atoms with van der Waals surface area (Å²) in [5, 5.41) is 17.9. The number of anilines is 1. The Kier molecular flexibility index (Phi) is 5.07. The van der Waals surface area contributed by atoms with Gasteiger partial charge in [0.2, 0.25) is 0 Å². The molecular formula is C21H13BrF3N3O2. The van der Waals surface area contributed by atoms with Gasteiger partial charge >= 0.3 is 6.18 Å². The van der Waals surface area contributed by atoms with Crippen molar-refractivity contribution in [3.05, 3.63) is 93.1 Å². The molecule has 0 spiro atoms. The van der Waals surface area contributed by atoms with Crippen molar-refractivity contribution >= 4 is 43.8 Å². The van der Waals surface area contributed by atoms with E-state index in [0.717, 1.165) is 14.9 Å². The van der Waals surface area contributed by atoms with Crippen molar-refractivity contribution in [3.63, 3.8) is 0 Å². The largest absolute Gasteiger partial charge is 0.432 e. The number of nitrogens with zero attached hydrogens (tertiary/aromatic N) is 3. The Bertz CT molecular complexity index is 1210. The number of halogens is 4. The first-order valence-corrected chi connectivity index (χ1v) is 9.60. The van der Waals surface area contributed by atoms with Crippen LogP contribution < -0.4 is 5.01 Å². The number of alkyl halides is 3. The number of para-hydroxylation sites is 1. The molecule has 0 radical (unpaired) electrons. The molecule has 1 aliphatic rings. The van der Waals surface area contributed by atoms with Gasteiger partial charge < -0.3 is 0 Å². The summed E-state index contributed by atoms with van der Waals surface area (Å²) in [6.07, 6.45) is -2.08. The second-order valence-corrected chi connectivity index (χ2v) is 7.43. The number of allylic oxidation sites excluding steroid dienone is 1. The number of benzene rings is 3. The average molecular weight is 476 g/mol. The van der Waals surface area contributed by atoms with E-state index in [-0.39, 0.29) is 11.3 Å². The zero-order valence-electron chi connectivity index (χ0n) is 15.2. The Morgan fingerprint density at radius 1 is 1.00 bits per heavy atom. The van der Waals surface area contributed by atoms with Crippen LogP contribution in [0, 0.1) is 10.1 Å². The lowest BCUT2D eigenvalue weighted by Gasteiger charge is -2.27. The zero-order valence-corrected chi connectivity index (χ0v) is 16.8. The Morgan fingerprint density at radius 2 is 1.67 bits per heavy atom. The Morgan fingerprint density at radius 3 is 2.37 bits per heavy atom. The second kappa shape index (κ2) is 7.56. The van der Waals surface area contributed by atoms with Gasteiger partial charge in [-0.2, -0.15) is 18.3 Å². The van der Waals surface area contributed by atoms with Gasteiger partial charge in [0.05, 0.1) is 16.5 Å². The molecule has 1 heterocycles. The van der Waals surface area contributed by atoms with Crippen molar-refractivity contribution in [3.8, 4) is 0 Å². The minimum Gasteiger partial charge on any atom is -0.258 e. The first-order valence-electron chi connectivity index (χ1n) is 8.81. The lowest BCUT2D eigenvalue weighted by atomic mass is 9.91. The molecule has 3 aromatic rings. The van der Waals surface area contributed by atoms with E-state index in [9.17, 15) is 23.3 Å². The zero-order chi connectivity index (χ0) is 21.5. The summed E-state index contributed by atoms with van der Waals surface area (Å²) in [4.78, 5) is 10.6. The van der Waals surface area contributed by atoms with Crippen LogP contribution in [0.4, 0.5) is 24.5 Å². The van der Waals surface area contributed by atoms with Gasteiger partial charge in [-0.25, -0.2) is 5.01 Å². The predicted molar refractivity (Wildman–Crippen MR) is 113 cm³/mol. The molecule has 0 amide bonds. The molecule has 0 N–H and O–H groups in total. The molecule has 152 valence electrons. The Balaban J connectivity index is 1.85. The topological polar surface area (TPSA) is 58.7 Å². The van der Waals surface area contributed by atoms with Crippen molar-refractivity contribution in [1.29, 1.82) is 0 Å². The van der Waals surface area contributed by atoms with Crippen LogP contribution in [0.5, 0.6) is 0 Å². The van der Waals surface area contributed by atoms with Gasteiger partial charge in [-0.05, 0) is 17.5 Å². The first-order chi connectivity index (χ1) is 14.3. The molecule has 0 saturated carbocycles. The van der Waals surface area contributed by atoms with Crippen LogP contribution in [0.1, 0.15) is 11.5 Å². The van der Waals surface area contributed by atoms with E-state index in [4.69, 9.17) is 0 Å². The van der Waals surface area contributed by atoms with Crippen LogP contribution >= 0.6 is 15.9 Å². The van der Waals surface area contributed by atoms with E-state index >= 15 is 0 Å². The number of nitro benzene ring substituents is 1. The smallest absolute Gasteiger partial charge is 0.258 e. The number of hydrogen-bond donors (Lipinski definition) is 0. The molecule has 5 nitrogen and oxygen atoms in total. The number of hydrogen-bond acceptors (Lipinski definition) is 4. The minimum absolute atomic E-state index is 0.0601. The monoisotopic (exact) mass is 475 g/mol. The molecular weight excluding hydrogens is 463 g/mol. The quantitative estimate of drug-likeness (QED) is 0.318. The highest BCUT2D eigenvalue weighted by Gasteiger charge is 2.44. The minimum atomic E-state index is -4.78. The first kappa shape index (κ1) is 20.1. The third-order valence-electron chi connectivity index (χ3n) is 4.78. The number of nitro groups is 1. The molecule has 0 aromatic heterocycles. The van der Waals surface area contributed by atoms with Gasteiger partial charge in [0.25, 0.3) is 5.69 Å². The highest BCUT2D eigenvalue weighted by Crippen LogP contribution is 2.39. The van der Waals surface area contributed by atoms with Crippen LogP contribution in [-0.2, 0) is 0 Å². The van der Waals surface area contributed by atoms with E-state index < -0.39 is 22.7 Å². The van der Waals surface area contributed by atoms with Gasteiger partial charge in [-0.3, -0.25) is 10.1 Å². The van der Waals surface area contributed by atoms with Crippen molar-refractivity contribution < 1.29 is 18.1 Å². The lowest BCUT2D eigenvalue weighted by Crippen LogP contribution is -2.34. The standard InChI is InChI=1S/C21H13BrF3N3O2/c22-17-9-10-18(14-6-2-1-5-13(14)17)27-12-11-16(20(26-27)21(23,24)25)15-7-3-4-8-19(15)28(29)30/h1-12,16H/t16-/m0/s1. The molecule has 30 heavy (non-hydrogen) atoms. The average Bonchev–Trinajstić information content (AvgIpc) is 2.73. The van der Waals surface area contributed by atoms with Crippen LogP contribution in [0.25, 0.3) is 10.8 Å². The fraction of sp³-hybridized carbons (Fsp3) is 0.0952. The maximum atomic E-state index is 13.9. The number of rotatable bonds is 3. The Hall–Kier alpha value is -3.20. The van der Waals surface area contributed by atoms with E-state index in [0.29, 0.717) is 11.1 Å². The van der Waals surface area contributed by atoms with Crippen LogP contribution in [0.3, 0.4) is 0 Å². The van der Waals surface area contributed by atoms with E-state index in [2.05, 4.69) is 21.0 Å². The normalized spacial score (nSPS) is 16.6. The fourth-order valence-corrected chi connectivity index (χ4v) is 3.93.